The van der Waals surface area contributed by atoms with E-state index >= 15 is 0 Å². The highest BCUT2D eigenvalue weighted by Crippen LogP contribution is 2.36. The monoisotopic (exact) mass is 286 g/mol. The van der Waals surface area contributed by atoms with Crippen LogP contribution in [-0.2, 0) is 9.53 Å². The Hall–Kier alpha value is -1.26. The average Bonchev–Trinajstić information content (AvgIpc) is 2.36. The molecule has 19 heavy (non-hydrogen) atoms. The van der Waals surface area contributed by atoms with E-state index in [4.69, 9.17) is 21.1 Å². The Labute approximate surface area is 118 Å². The zero-order chi connectivity index (χ0) is 14.6. The molecule has 1 N–H and O–H groups in total. The van der Waals surface area contributed by atoms with Crippen molar-refractivity contribution in [3.05, 3.63) is 28.3 Å². The predicted molar refractivity (Wildman–Crippen MR) is 73.7 cm³/mol. The fourth-order valence-electron chi connectivity index (χ4n) is 1.80. The van der Waals surface area contributed by atoms with Gasteiger partial charge in [0.25, 0.3) is 0 Å². The van der Waals surface area contributed by atoms with Crippen molar-refractivity contribution < 1.29 is 19.4 Å². The Balaban J connectivity index is 3.20. The molecule has 0 heterocycles. The van der Waals surface area contributed by atoms with Gasteiger partial charge in [0.1, 0.15) is 5.75 Å². The third-order valence-corrected chi connectivity index (χ3v) is 3.03. The minimum absolute atomic E-state index is 0.154. The molecule has 1 atom stereocenters. The molecule has 1 aromatic rings. The molecular weight excluding hydrogens is 268 g/mol. The highest BCUT2D eigenvalue weighted by molar-refractivity contribution is 6.32. The van der Waals surface area contributed by atoms with E-state index in [-0.39, 0.29) is 12.5 Å². The van der Waals surface area contributed by atoms with E-state index in [1.807, 2.05) is 13.8 Å². The summed E-state index contributed by atoms with van der Waals surface area (Å²) in [6.45, 7) is 5.87. The third-order valence-electron chi connectivity index (χ3n) is 2.75. The second-order valence-corrected chi connectivity index (χ2v) is 4.84. The van der Waals surface area contributed by atoms with Crippen molar-refractivity contribution in [1.82, 2.24) is 0 Å². The number of rotatable bonds is 5. The lowest BCUT2D eigenvalue weighted by Crippen LogP contribution is -2.16. The zero-order valence-corrected chi connectivity index (χ0v) is 12.3. The number of benzene rings is 1. The average molecular weight is 287 g/mol. The lowest BCUT2D eigenvalue weighted by atomic mass is 9.97. The van der Waals surface area contributed by atoms with E-state index in [0.29, 0.717) is 16.3 Å². The first-order chi connectivity index (χ1) is 8.92. The molecule has 5 heteroatoms. The van der Waals surface area contributed by atoms with Gasteiger partial charge in [0.05, 0.1) is 18.7 Å². The smallest absolute Gasteiger partial charge is 0.339 e. The molecule has 0 fully saturated rings. The molecule has 0 bridgehead atoms. The molecular formula is C14H19ClO4. The van der Waals surface area contributed by atoms with Crippen LogP contribution in [0.25, 0.3) is 0 Å². The van der Waals surface area contributed by atoms with Gasteiger partial charge in [0.15, 0.2) is 6.10 Å². The summed E-state index contributed by atoms with van der Waals surface area (Å²) in [5.41, 5.74) is 1.25. The molecule has 0 spiro atoms. The fourth-order valence-corrected chi connectivity index (χ4v) is 2.11. The molecule has 0 aliphatic heterocycles. The van der Waals surface area contributed by atoms with Crippen LogP contribution in [-0.4, -0.2) is 24.8 Å². The molecule has 4 nitrogen and oxygen atoms in total. The molecule has 1 aromatic carbocycles. The van der Waals surface area contributed by atoms with Gasteiger partial charge >= 0.3 is 5.97 Å². The molecule has 0 aromatic heterocycles. The number of aliphatic hydroxyl groups is 1. The van der Waals surface area contributed by atoms with Crippen molar-refractivity contribution in [2.45, 2.75) is 32.8 Å². The first-order valence-corrected chi connectivity index (χ1v) is 6.52. The van der Waals surface area contributed by atoms with Gasteiger partial charge in [-0.1, -0.05) is 25.4 Å². The molecule has 0 saturated carbocycles. The van der Waals surface area contributed by atoms with E-state index < -0.39 is 12.1 Å². The van der Waals surface area contributed by atoms with Gasteiger partial charge in [0, 0.05) is 0 Å². The van der Waals surface area contributed by atoms with Crippen LogP contribution >= 0.6 is 11.6 Å². The lowest BCUT2D eigenvalue weighted by molar-refractivity contribution is -0.153. The minimum Gasteiger partial charge on any atom is -0.495 e. The third kappa shape index (κ3) is 3.61. The number of halogens is 1. The zero-order valence-electron chi connectivity index (χ0n) is 11.6. The Kier molecular flexibility index (Phi) is 5.63. The van der Waals surface area contributed by atoms with Crippen molar-refractivity contribution in [3.63, 3.8) is 0 Å². The van der Waals surface area contributed by atoms with Gasteiger partial charge in [-0.05, 0) is 36.1 Å². The molecule has 0 amide bonds. The van der Waals surface area contributed by atoms with Crippen molar-refractivity contribution in [1.29, 1.82) is 0 Å². The van der Waals surface area contributed by atoms with Crippen molar-refractivity contribution in [3.8, 4) is 5.75 Å². The summed E-state index contributed by atoms with van der Waals surface area (Å²) in [5, 5.41) is 10.3. The van der Waals surface area contributed by atoms with Crippen LogP contribution in [0.5, 0.6) is 5.75 Å². The van der Waals surface area contributed by atoms with E-state index in [9.17, 15) is 9.90 Å². The van der Waals surface area contributed by atoms with Gasteiger partial charge in [0.2, 0.25) is 0 Å². The number of methoxy groups -OCH3 is 1. The fraction of sp³-hybridized carbons (Fsp3) is 0.500. The summed E-state index contributed by atoms with van der Waals surface area (Å²) in [4.78, 5) is 11.5. The van der Waals surface area contributed by atoms with E-state index in [0.717, 1.165) is 5.56 Å². The van der Waals surface area contributed by atoms with Crippen LogP contribution in [0.1, 0.15) is 43.9 Å². The van der Waals surface area contributed by atoms with E-state index in [1.54, 1.807) is 13.0 Å². The highest BCUT2D eigenvalue weighted by Gasteiger charge is 2.22. The lowest BCUT2D eigenvalue weighted by Gasteiger charge is -2.17. The van der Waals surface area contributed by atoms with Gasteiger partial charge in [-0.2, -0.15) is 0 Å². The number of carbonyl (C=O) groups excluding carboxylic acids is 1. The Bertz CT molecular complexity index is 457. The van der Waals surface area contributed by atoms with E-state index in [2.05, 4.69) is 0 Å². The molecule has 1 unspecified atom stereocenters. The quantitative estimate of drug-likeness (QED) is 0.845. The maximum atomic E-state index is 11.5. The number of esters is 1. The molecule has 1 rings (SSSR count). The van der Waals surface area contributed by atoms with Crippen LogP contribution in [0.15, 0.2) is 12.1 Å². The van der Waals surface area contributed by atoms with Crippen molar-refractivity contribution in [2.75, 3.05) is 13.7 Å². The normalized spacial score (nSPS) is 12.4. The van der Waals surface area contributed by atoms with Crippen molar-refractivity contribution >= 4 is 17.6 Å². The largest absolute Gasteiger partial charge is 0.495 e. The van der Waals surface area contributed by atoms with Crippen molar-refractivity contribution in [2.24, 2.45) is 0 Å². The first-order valence-electron chi connectivity index (χ1n) is 6.14. The van der Waals surface area contributed by atoms with Crippen LogP contribution in [0, 0.1) is 0 Å². The summed E-state index contributed by atoms with van der Waals surface area (Å²) < 4.78 is 10.0. The first kappa shape index (κ1) is 15.8. The summed E-state index contributed by atoms with van der Waals surface area (Å²) in [6.07, 6.45) is -1.33. The minimum atomic E-state index is -1.33. The Morgan fingerprint density at radius 2 is 2.05 bits per heavy atom. The summed E-state index contributed by atoms with van der Waals surface area (Å²) in [6, 6.07) is 3.24. The number of hydrogen-bond acceptors (Lipinski definition) is 4. The Morgan fingerprint density at radius 1 is 1.42 bits per heavy atom. The molecule has 0 aliphatic rings. The van der Waals surface area contributed by atoms with Gasteiger partial charge in [-0.15, -0.1) is 0 Å². The summed E-state index contributed by atoms with van der Waals surface area (Å²) in [7, 11) is 1.54. The van der Waals surface area contributed by atoms with Gasteiger partial charge in [-0.25, -0.2) is 4.79 Å². The molecule has 0 radical (unpaired) electrons. The second-order valence-electron chi connectivity index (χ2n) is 4.43. The van der Waals surface area contributed by atoms with Crippen LogP contribution in [0.2, 0.25) is 5.02 Å². The number of ether oxygens (including phenoxy) is 2. The molecule has 106 valence electrons. The SMILES string of the molecule is CCOC(=O)C(O)c1cc(Cl)c(OC)c(C(C)C)c1. The molecule has 0 saturated heterocycles. The maximum Gasteiger partial charge on any atom is 0.339 e. The molecule has 0 aliphatic carbocycles. The standard InChI is InChI=1S/C14H19ClO4/c1-5-19-14(17)12(16)9-6-10(8(2)3)13(18-4)11(15)7-9/h6-8,12,16H,5H2,1-4H3. The van der Waals surface area contributed by atoms with Crippen LogP contribution in [0.3, 0.4) is 0 Å². The summed E-state index contributed by atoms with van der Waals surface area (Å²) in [5.74, 6) is 0.0386. The topological polar surface area (TPSA) is 55.8 Å². The maximum absolute atomic E-state index is 11.5. The van der Waals surface area contributed by atoms with Crippen LogP contribution < -0.4 is 4.74 Å². The predicted octanol–water partition coefficient (Wildman–Crippen LogP) is 3.07. The van der Waals surface area contributed by atoms with E-state index in [1.165, 1.54) is 13.2 Å². The second kappa shape index (κ2) is 6.78. The number of aliphatic hydroxyl groups excluding tert-OH is 1. The van der Waals surface area contributed by atoms with Gasteiger partial charge < -0.3 is 14.6 Å². The summed E-state index contributed by atoms with van der Waals surface area (Å²) >= 11 is 6.12. The Morgan fingerprint density at radius 3 is 2.53 bits per heavy atom. The highest BCUT2D eigenvalue weighted by atomic mass is 35.5. The van der Waals surface area contributed by atoms with Gasteiger partial charge in [-0.3, -0.25) is 0 Å². The number of carbonyl (C=O) groups is 1. The number of hydrogen-bond donors (Lipinski definition) is 1. The van der Waals surface area contributed by atoms with Crippen LogP contribution in [0.4, 0.5) is 0 Å².